The molecule has 19 heavy (non-hydrogen) atoms. The van der Waals surface area contributed by atoms with Gasteiger partial charge in [-0.2, -0.15) is 5.10 Å². The molecule has 3 nitrogen and oxygen atoms in total. The third-order valence-electron chi connectivity index (χ3n) is 2.98. The zero-order valence-corrected chi connectivity index (χ0v) is 14.5. The quantitative estimate of drug-likeness (QED) is 0.544. The van der Waals surface area contributed by atoms with Gasteiger partial charge in [-0.3, -0.25) is 9.48 Å². The number of carbonyl (C=O) groups is 1. The van der Waals surface area contributed by atoms with Crippen molar-refractivity contribution >= 4 is 44.3 Å². The summed E-state index contributed by atoms with van der Waals surface area (Å²) in [5, 5.41) is 4.41. The number of nitrogens with zero attached hydrogens (tertiary/aromatic N) is 2. The molecule has 0 saturated carbocycles. The minimum Gasteiger partial charge on any atom is -0.294 e. The summed E-state index contributed by atoms with van der Waals surface area (Å²) in [6.45, 7) is 2.05. The number of halogens is 2. The second-order valence-corrected chi connectivity index (χ2v) is 6.33. The minimum atomic E-state index is 0.116. The molecule has 0 aliphatic rings. The fraction of sp³-hybridized carbons (Fsp3) is 0.286. The average Bonchev–Trinajstić information content (AvgIpc) is 2.66. The molecule has 0 N–H and O–H groups in total. The first-order valence-corrected chi connectivity index (χ1v) is 7.89. The summed E-state index contributed by atoms with van der Waals surface area (Å²) >= 11 is 5.76. The smallest absolute Gasteiger partial charge is 0.168 e. The maximum Gasteiger partial charge on any atom is 0.168 e. The topological polar surface area (TPSA) is 34.9 Å². The molecule has 0 unspecified atom stereocenters. The van der Waals surface area contributed by atoms with E-state index >= 15 is 0 Å². The summed E-state index contributed by atoms with van der Waals surface area (Å²) in [5.41, 5.74) is 2.67. The number of aryl methyl sites for hydroxylation is 2. The average molecular weight is 433 g/mol. The highest BCUT2D eigenvalue weighted by molar-refractivity contribution is 14.1. The van der Waals surface area contributed by atoms with E-state index in [9.17, 15) is 4.79 Å². The fourth-order valence-corrected chi connectivity index (χ4v) is 3.23. The van der Waals surface area contributed by atoms with E-state index in [-0.39, 0.29) is 5.78 Å². The molecule has 5 heteroatoms. The van der Waals surface area contributed by atoms with E-state index in [1.807, 2.05) is 31.3 Å². The monoisotopic (exact) mass is 432 g/mol. The SMILES string of the molecule is CCc1nn(C)c(CC(=O)c2cccc(I)c2)c1Br. The molecule has 100 valence electrons. The zero-order valence-electron chi connectivity index (χ0n) is 10.8. The molecule has 1 aromatic heterocycles. The van der Waals surface area contributed by atoms with E-state index in [0.717, 1.165) is 31.4 Å². The van der Waals surface area contributed by atoms with Crippen molar-refractivity contribution in [2.75, 3.05) is 0 Å². The maximum atomic E-state index is 12.3. The second-order valence-electron chi connectivity index (χ2n) is 4.29. The predicted molar refractivity (Wildman–Crippen MR) is 87.5 cm³/mol. The number of Topliss-reactive ketones (excluding diaryl/α,β-unsaturated/α-hetero) is 1. The van der Waals surface area contributed by atoms with Crippen LogP contribution in [0.3, 0.4) is 0 Å². The Kier molecular flexibility index (Phi) is 4.78. The van der Waals surface area contributed by atoms with Gasteiger partial charge in [-0.25, -0.2) is 0 Å². The van der Waals surface area contributed by atoms with Gasteiger partial charge in [0.2, 0.25) is 0 Å². The van der Waals surface area contributed by atoms with Crippen molar-refractivity contribution in [2.24, 2.45) is 7.05 Å². The Bertz CT molecular complexity index is 622. The third-order valence-corrected chi connectivity index (χ3v) is 4.56. The van der Waals surface area contributed by atoms with E-state index < -0.39 is 0 Å². The summed E-state index contributed by atoms with van der Waals surface area (Å²) in [6, 6.07) is 7.65. The number of hydrogen-bond donors (Lipinski definition) is 0. The molecular weight excluding hydrogens is 419 g/mol. The Hall–Kier alpha value is -0.690. The van der Waals surface area contributed by atoms with Crippen molar-refractivity contribution in [3.8, 4) is 0 Å². The molecule has 1 heterocycles. The summed E-state index contributed by atoms with van der Waals surface area (Å²) in [5.74, 6) is 0.116. The van der Waals surface area contributed by atoms with Crippen LogP contribution in [0.25, 0.3) is 0 Å². The summed E-state index contributed by atoms with van der Waals surface area (Å²) < 4.78 is 3.81. The lowest BCUT2D eigenvalue weighted by atomic mass is 10.1. The van der Waals surface area contributed by atoms with Gasteiger partial charge in [0.15, 0.2) is 5.78 Å². The molecular formula is C14H14BrIN2O. The van der Waals surface area contributed by atoms with Crippen molar-refractivity contribution in [3.05, 3.63) is 49.3 Å². The second kappa shape index (κ2) is 6.17. The largest absolute Gasteiger partial charge is 0.294 e. The van der Waals surface area contributed by atoms with E-state index in [0.29, 0.717) is 6.42 Å². The van der Waals surface area contributed by atoms with Crippen LogP contribution < -0.4 is 0 Å². The number of aromatic nitrogens is 2. The molecule has 2 aromatic rings. The van der Waals surface area contributed by atoms with Gasteiger partial charge in [-0.1, -0.05) is 19.1 Å². The normalized spacial score (nSPS) is 10.7. The van der Waals surface area contributed by atoms with E-state index in [2.05, 4.69) is 50.5 Å². The third kappa shape index (κ3) is 3.25. The van der Waals surface area contributed by atoms with Gasteiger partial charge >= 0.3 is 0 Å². The van der Waals surface area contributed by atoms with E-state index in [1.54, 1.807) is 4.68 Å². The van der Waals surface area contributed by atoms with Gasteiger partial charge < -0.3 is 0 Å². The Labute approximate surface area is 134 Å². The molecule has 0 amide bonds. The van der Waals surface area contributed by atoms with Crippen LogP contribution in [-0.4, -0.2) is 15.6 Å². The summed E-state index contributed by atoms with van der Waals surface area (Å²) in [4.78, 5) is 12.3. The van der Waals surface area contributed by atoms with Crippen molar-refractivity contribution in [3.63, 3.8) is 0 Å². The first-order valence-electron chi connectivity index (χ1n) is 6.02. The number of benzene rings is 1. The Balaban J connectivity index is 2.27. The molecule has 0 bridgehead atoms. The zero-order chi connectivity index (χ0) is 14.0. The number of rotatable bonds is 4. The van der Waals surface area contributed by atoms with Crippen LogP contribution in [0.5, 0.6) is 0 Å². The lowest BCUT2D eigenvalue weighted by molar-refractivity contribution is 0.0990. The van der Waals surface area contributed by atoms with Crippen LogP contribution in [-0.2, 0) is 19.9 Å². The molecule has 2 rings (SSSR count). The molecule has 0 radical (unpaired) electrons. The van der Waals surface area contributed by atoms with Crippen molar-refractivity contribution < 1.29 is 4.79 Å². The van der Waals surface area contributed by atoms with Gasteiger partial charge in [-0.05, 0) is 57.1 Å². The lowest BCUT2D eigenvalue weighted by Crippen LogP contribution is -2.08. The maximum absolute atomic E-state index is 12.3. The standard InChI is InChI=1S/C14H14BrIN2O/c1-3-11-14(15)12(18(2)17-11)8-13(19)9-5-4-6-10(16)7-9/h4-7H,3,8H2,1-2H3. The molecule has 1 aromatic carbocycles. The number of carbonyl (C=O) groups excluding carboxylic acids is 1. The number of hydrogen-bond acceptors (Lipinski definition) is 2. The van der Waals surface area contributed by atoms with E-state index in [1.165, 1.54) is 0 Å². The highest BCUT2D eigenvalue weighted by Gasteiger charge is 2.16. The van der Waals surface area contributed by atoms with Gasteiger partial charge in [-0.15, -0.1) is 0 Å². The highest BCUT2D eigenvalue weighted by atomic mass is 127. The predicted octanol–water partition coefficient (Wildman–Crippen LogP) is 3.78. The molecule has 0 aliphatic heterocycles. The Morgan fingerprint density at radius 2 is 2.21 bits per heavy atom. The van der Waals surface area contributed by atoms with Crippen LogP contribution in [0.1, 0.15) is 28.7 Å². The summed E-state index contributed by atoms with van der Waals surface area (Å²) in [7, 11) is 1.88. The molecule has 0 saturated heterocycles. The van der Waals surface area contributed by atoms with Crippen LogP contribution in [0.4, 0.5) is 0 Å². The lowest BCUT2D eigenvalue weighted by Gasteiger charge is -2.03. The molecule has 0 aliphatic carbocycles. The van der Waals surface area contributed by atoms with Gasteiger partial charge in [0.25, 0.3) is 0 Å². The van der Waals surface area contributed by atoms with Crippen LogP contribution in [0.15, 0.2) is 28.7 Å². The van der Waals surface area contributed by atoms with Gasteiger partial charge in [0.05, 0.1) is 22.3 Å². The fourth-order valence-electron chi connectivity index (χ4n) is 1.93. The van der Waals surface area contributed by atoms with Crippen molar-refractivity contribution in [1.82, 2.24) is 9.78 Å². The Morgan fingerprint density at radius 3 is 2.79 bits per heavy atom. The molecule has 0 atom stereocenters. The minimum absolute atomic E-state index is 0.116. The van der Waals surface area contributed by atoms with Crippen LogP contribution >= 0.6 is 38.5 Å². The van der Waals surface area contributed by atoms with Crippen molar-refractivity contribution in [2.45, 2.75) is 19.8 Å². The first kappa shape index (κ1) is 14.7. The van der Waals surface area contributed by atoms with Crippen LogP contribution in [0, 0.1) is 3.57 Å². The molecule has 0 spiro atoms. The first-order chi connectivity index (χ1) is 9.02. The molecule has 0 fully saturated rings. The van der Waals surface area contributed by atoms with E-state index in [4.69, 9.17) is 0 Å². The van der Waals surface area contributed by atoms with Crippen molar-refractivity contribution in [1.29, 1.82) is 0 Å². The Morgan fingerprint density at radius 1 is 1.47 bits per heavy atom. The van der Waals surface area contributed by atoms with Gasteiger partial charge in [0, 0.05) is 16.2 Å². The van der Waals surface area contributed by atoms with Gasteiger partial charge in [0.1, 0.15) is 0 Å². The van der Waals surface area contributed by atoms with Crippen LogP contribution in [0.2, 0.25) is 0 Å². The summed E-state index contributed by atoms with van der Waals surface area (Å²) in [6.07, 6.45) is 1.22. The number of ketones is 1. The highest BCUT2D eigenvalue weighted by Crippen LogP contribution is 2.23.